The smallest absolute Gasteiger partial charge is 0.212 e. The second-order valence-electron chi connectivity index (χ2n) is 3.17. The van der Waals surface area contributed by atoms with Crippen LogP contribution in [0.1, 0.15) is 12.5 Å². The summed E-state index contributed by atoms with van der Waals surface area (Å²) in [6, 6.07) is 10.1. The van der Waals surface area contributed by atoms with Gasteiger partial charge in [0.15, 0.2) is 0 Å². The van der Waals surface area contributed by atoms with Gasteiger partial charge in [-0.1, -0.05) is 42.5 Å². The zero-order chi connectivity index (χ0) is 10.6. The van der Waals surface area contributed by atoms with E-state index < -0.39 is 0 Å². The zero-order valence-electron chi connectivity index (χ0n) is 8.65. The van der Waals surface area contributed by atoms with E-state index in [9.17, 15) is 0 Å². The largest absolute Gasteiger partial charge is 0.233 e. The lowest BCUT2D eigenvalue weighted by Crippen LogP contribution is -2.08. The molecule has 0 aliphatic carbocycles. The normalized spacial score (nSPS) is 9.64. The molecule has 1 aromatic carbocycles. The standard InChI is InChI=1S/C11H14NS2/c1-9(12(2)3)14-11(13)10-7-5-4-6-8-10/h4-8H,1-3H3/q+1. The molecule has 0 unspecified atom stereocenters. The highest BCUT2D eigenvalue weighted by atomic mass is 32.2. The van der Waals surface area contributed by atoms with Crippen LogP contribution in [0.25, 0.3) is 0 Å². The number of thioether (sulfide) groups is 1. The van der Waals surface area contributed by atoms with Crippen LogP contribution in [-0.4, -0.2) is 27.9 Å². The third-order valence-electron chi connectivity index (χ3n) is 1.88. The molecule has 0 N–H and O–H groups in total. The molecule has 0 aliphatic heterocycles. The van der Waals surface area contributed by atoms with Crippen molar-refractivity contribution >= 4 is 33.2 Å². The van der Waals surface area contributed by atoms with Crippen molar-refractivity contribution in [1.82, 2.24) is 0 Å². The Labute approximate surface area is 94.8 Å². The summed E-state index contributed by atoms with van der Waals surface area (Å²) < 4.78 is 3.00. The van der Waals surface area contributed by atoms with E-state index in [0.717, 1.165) is 9.76 Å². The summed E-state index contributed by atoms with van der Waals surface area (Å²) in [6.07, 6.45) is 0. The van der Waals surface area contributed by atoms with Gasteiger partial charge in [-0.05, 0) is 17.3 Å². The van der Waals surface area contributed by atoms with Crippen LogP contribution in [0.15, 0.2) is 30.3 Å². The maximum atomic E-state index is 5.33. The first-order valence-electron chi connectivity index (χ1n) is 4.39. The summed E-state index contributed by atoms with van der Waals surface area (Å²) >= 11 is 6.97. The molecule has 3 heteroatoms. The molecule has 0 saturated carbocycles. The predicted molar refractivity (Wildman–Crippen MR) is 68.5 cm³/mol. The average molecular weight is 224 g/mol. The second-order valence-corrected chi connectivity index (χ2v) is 5.04. The molecule has 0 fully saturated rings. The van der Waals surface area contributed by atoms with Crippen molar-refractivity contribution in [2.75, 3.05) is 14.1 Å². The summed E-state index contributed by atoms with van der Waals surface area (Å²) in [5.74, 6) is 0. The molecule has 0 bridgehead atoms. The number of hydrogen-bond acceptors (Lipinski definition) is 2. The van der Waals surface area contributed by atoms with Crippen LogP contribution in [0.4, 0.5) is 0 Å². The van der Waals surface area contributed by atoms with Gasteiger partial charge in [-0.15, -0.1) is 0 Å². The van der Waals surface area contributed by atoms with E-state index in [1.54, 1.807) is 11.8 Å². The lowest BCUT2D eigenvalue weighted by atomic mass is 10.2. The minimum Gasteiger partial charge on any atom is -0.233 e. The SMILES string of the molecule is CC(SC(=S)c1ccccc1)=[N+](C)C. The third-order valence-corrected chi connectivity index (χ3v) is 3.45. The van der Waals surface area contributed by atoms with Gasteiger partial charge in [0, 0.05) is 6.92 Å². The van der Waals surface area contributed by atoms with E-state index in [2.05, 4.69) is 11.5 Å². The Morgan fingerprint density at radius 3 is 2.29 bits per heavy atom. The fourth-order valence-corrected chi connectivity index (χ4v) is 2.06. The van der Waals surface area contributed by atoms with E-state index in [1.807, 2.05) is 44.4 Å². The minimum atomic E-state index is 0.928. The van der Waals surface area contributed by atoms with E-state index >= 15 is 0 Å². The molecule has 1 rings (SSSR count). The third kappa shape index (κ3) is 3.24. The summed E-state index contributed by atoms with van der Waals surface area (Å²) in [5.41, 5.74) is 1.12. The minimum absolute atomic E-state index is 0.928. The van der Waals surface area contributed by atoms with Gasteiger partial charge in [0.25, 0.3) is 0 Å². The van der Waals surface area contributed by atoms with Gasteiger partial charge in [0.05, 0.1) is 4.20 Å². The molecule has 0 atom stereocenters. The Morgan fingerprint density at radius 1 is 1.21 bits per heavy atom. The molecule has 0 aliphatic rings. The Morgan fingerprint density at radius 2 is 1.79 bits per heavy atom. The highest BCUT2D eigenvalue weighted by Gasteiger charge is 2.07. The van der Waals surface area contributed by atoms with Crippen molar-refractivity contribution in [2.45, 2.75) is 6.92 Å². The fourth-order valence-electron chi connectivity index (χ4n) is 0.859. The van der Waals surface area contributed by atoms with Gasteiger partial charge in [0.1, 0.15) is 14.1 Å². The molecular formula is C11H14NS2+. The highest BCUT2D eigenvalue weighted by Crippen LogP contribution is 2.14. The molecule has 0 heterocycles. The van der Waals surface area contributed by atoms with Crippen molar-refractivity contribution < 1.29 is 4.58 Å². The number of thiocarbonyl (C=S) groups is 1. The first-order chi connectivity index (χ1) is 6.61. The molecule has 14 heavy (non-hydrogen) atoms. The van der Waals surface area contributed by atoms with Crippen molar-refractivity contribution in [3.8, 4) is 0 Å². The van der Waals surface area contributed by atoms with Gasteiger partial charge in [-0.3, -0.25) is 0 Å². The van der Waals surface area contributed by atoms with Crippen molar-refractivity contribution in [2.24, 2.45) is 0 Å². The maximum Gasteiger partial charge on any atom is 0.212 e. The molecule has 1 nitrogen and oxygen atoms in total. The molecular weight excluding hydrogens is 210 g/mol. The summed E-state index contributed by atoms with van der Waals surface area (Å²) in [7, 11) is 4.05. The van der Waals surface area contributed by atoms with Crippen LogP contribution < -0.4 is 0 Å². The summed E-state index contributed by atoms with van der Waals surface area (Å²) in [4.78, 5) is 0. The van der Waals surface area contributed by atoms with Crippen molar-refractivity contribution in [1.29, 1.82) is 0 Å². The van der Waals surface area contributed by atoms with Gasteiger partial charge in [-0.25, -0.2) is 4.58 Å². The van der Waals surface area contributed by atoms with Crippen molar-refractivity contribution in [3.05, 3.63) is 35.9 Å². The molecule has 74 valence electrons. The first-order valence-corrected chi connectivity index (χ1v) is 5.62. The maximum absolute atomic E-state index is 5.33. The predicted octanol–water partition coefficient (Wildman–Crippen LogP) is 2.79. The van der Waals surface area contributed by atoms with E-state index in [0.29, 0.717) is 0 Å². The van der Waals surface area contributed by atoms with Gasteiger partial charge >= 0.3 is 0 Å². The number of rotatable bonds is 1. The highest BCUT2D eigenvalue weighted by molar-refractivity contribution is 8.33. The van der Waals surface area contributed by atoms with Crippen LogP contribution in [0, 0.1) is 0 Å². The number of hydrogen-bond donors (Lipinski definition) is 0. The Balaban J connectivity index is 2.75. The Bertz CT molecular complexity index is 351. The topological polar surface area (TPSA) is 3.01 Å². The molecule has 0 aromatic heterocycles. The average Bonchev–Trinajstić information content (AvgIpc) is 2.19. The molecule has 0 spiro atoms. The van der Waals surface area contributed by atoms with Crippen LogP contribution in [-0.2, 0) is 0 Å². The molecule has 0 amide bonds. The van der Waals surface area contributed by atoms with Gasteiger partial charge < -0.3 is 0 Å². The second kappa shape index (κ2) is 5.27. The number of benzene rings is 1. The molecule has 0 saturated heterocycles. The zero-order valence-corrected chi connectivity index (χ0v) is 10.3. The Kier molecular flexibility index (Phi) is 4.29. The van der Waals surface area contributed by atoms with Crippen LogP contribution in [0.3, 0.4) is 0 Å². The van der Waals surface area contributed by atoms with E-state index in [4.69, 9.17) is 12.2 Å². The van der Waals surface area contributed by atoms with Crippen LogP contribution in [0.5, 0.6) is 0 Å². The van der Waals surface area contributed by atoms with Crippen molar-refractivity contribution in [3.63, 3.8) is 0 Å². The lowest BCUT2D eigenvalue weighted by molar-refractivity contribution is -0.461. The van der Waals surface area contributed by atoms with Crippen LogP contribution in [0.2, 0.25) is 0 Å². The molecule has 1 aromatic rings. The van der Waals surface area contributed by atoms with Gasteiger partial charge in [-0.2, -0.15) is 0 Å². The molecule has 0 radical (unpaired) electrons. The monoisotopic (exact) mass is 224 g/mol. The lowest BCUT2D eigenvalue weighted by Gasteiger charge is -2.01. The van der Waals surface area contributed by atoms with E-state index in [-0.39, 0.29) is 0 Å². The van der Waals surface area contributed by atoms with E-state index in [1.165, 1.54) is 5.04 Å². The van der Waals surface area contributed by atoms with Crippen LogP contribution >= 0.6 is 24.0 Å². The number of nitrogens with zero attached hydrogens (tertiary/aromatic N) is 1. The first kappa shape index (κ1) is 11.4. The summed E-state index contributed by atoms with van der Waals surface area (Å²) in [6.45, 7) is 2.07. The Hall–Kier alpha value is -0.670. The van der Waals surface area contributed by atoms with Gasteiger partial charge in [0.2, 0.25) is 5.04 Å². The quantitative estimate of drug-likeness (QED) is 0.312. The fraction of sp³-hybridized carbons (Fsp3) is 0.273. The summed E-state index contributed by atoms with van der Waals surface area (Å²) in [5, 5.41) is 1.21.